The third-order valence-electron chi connectivity index (χ3n) is 7.01. The molecule has 5 heteroatoms. The Hall–Kier alpha value is -1.78. The number of hydrogen-bond acceptors (Lipinski definition) is 3. The molecule has 1 saturated carbocycles. The highest BCUT2D eigenvalue weighted by Crippen LogP contribution is 2.40. The molecule has 2 heterocycles. The summed E-state index contributed by atoms with van der Waals surface area (Å²) in [6.45, 7) is 8.29. The quantitative estimate of drug-likeness (QED) is 0.838. The van der Waals surface area contributed by atoms with E-state index in [0.29, 0.717) is 30.1 Å². The Morgan fingerprint density at radius 2 is 1.81 bits per heavy atom. The lowest BCUT2D eigenvalue weighted by Crippen LogP contribution is -2.46. The van der Waals surface area contributed by atoms with Gasteiger partial charge in [0.05, 0.1) is 11.8 Å². The van der Waals surface area contributed by atoms with Crippen molar-refractivity contribution in [3.05, 3.63) is 24.2 Å². The van der Waals surface area contributed by atoms with Gasteiger partial charge in [-0.15, -0.1) is 0 Å². The zero-order chi connectivity index (χ0) is 19.4. The first-order valence-corrected chi connectivity index (χ1v) is 10.5. The Bertz CT molecular complexity index is 622. The van der Waals surface area contributed by atoms with E-state index in [-0.39, 0.29) is 17.7 Å². The molecule has 0 radical (unpaired) electrons. The normalized spacial score (nSPS) is 24.6. The monoisotopic (exact) mass is 374 g/mol. The summed E-state index contributed by atoms with van der Waals surface area (Å²) in [5, 5.41) is 3.29. The number of rotatable bonds is 5. The topological polar surface area (TPSA) is 62.6 Å². The largest absolute Gasteiger partial charge is 0.472 e. The first-order valence-electron chi connectivity index (χ1n) is 10.5. The summed E-state index contributed by atoms with van der Waals surface area (Å²) in [6.07, 6.45) is 10.3. The molecule has 0 spiro atoms. The van der Waals surface area contributed by atoms with Gasteiger partial charge < -0.3 is 14.6 Å². The molecule has 2 aliphatic rings. The smallest absolute Gasteiger partial charge is 0.257 e. The average molecular weight is 375 g/mol. The summed E-state index contributed by atoms with van der Waals surface area (Å²) < 4.78 is 4.99. The maximum atomic E-state index is 12.7. The van der Waals surface area contributed by atoms with Crippen LogP contribution >= 0.6 is 0 Å². The van der Waals surface area contributed by atoms with E-state index >= 15 is 0 Å². The molecule has 0 unspecified atom stereocenters. The molecule has 150 valence electrons. The molecule has 1 aliphatic carbocycles. The number of likely N-dealkylation sites (tertiary alicyclic amines) is 1. The Morgan fingerprint density at radius 3 is 2.37 bits per heavy atom. The summed E-state index contributed by atoms with van der Waals surface area (Å²) in [4.78, 5) is 26.9. The fourth-order valence-electron chi connectivity index (χ4n) is 4.54. The Morgan fingerprint density at radius 1 is 1.15 bits per heavy atom. The van der Waals surface area contributed by atoms with Crippen LogP contribution in [0.4, 0.5) is 0 Å². The van der Waals surface area contributed by atoms with Crippen molar-refractivity contribution in [3.8, 4) is 0 Å². The Kier molecular flexibility index (Phi) is 6.28. The summed E-state index contributed by atoms with van der Waals surface area (Å²) in [5.74, 6) is 0.985. The van der Waals surface area contributed by atoms with Gasteiger partial charge in [0.2, 0.25) is 5.91 Å². The SMILES string of the molecule is CCC(C)(C)C1CCC(NC(=O)C2CCN(C(=O)c3ccoc3)CC2)CC1. The standard InChI is InChI=1S/C22H34N2O3/c1-4-22(2,3)18-5-7-19(8-6-18)23-20(25)16-9-12-24(13-10-16)21(26)17-11-14-27-15-17/h11,14-16,18-19H,4-10,12-13H2,1-3H3,(H,23,25). The van der Waals surface area contributed by atoms with Crippen molar-refractivity contribution >= 4 is 11.8 Å². The van der Waals surface area contributed by atoms with Gasteiger partial charge in [-0.2, -0.15) is 0 Å². The van der Waals surface area contributed by atoms with E-state index in [9.17, 15) is 9.59 Å². The minimum atomic E-state index is -0.000491. The third-order valence-corrected chi connectivity index (χ3v) is 7.01. The van der Waals surface area contributed by atoms with E-state index in [1.54, 1.807) is 6.07 Å². The lowest BCUT2D eigenvalue weighted by molar-refractivity contribution is -0.127. The molecule has 1 aromatic heterocycles. The highest BCUT2D eigenvalue weighted by atomic mass is 16.3. The Balaban J connectivity index is 1.42. The van der Waals surface area contributed by atoms with Crippen LogP contribution in [0.2, 0.25) is 0 Å². The first kappa shape index (κ1) is 20.0. The van der Waals surface area contributed by atoms with Crippen molar-refractivity contribution in [1.29, 1.82) is 0 Å². The first-order chi connectivity index (χ1) is 12.9. The molecule has 0 bridgehead atoms. The van der Waals surface area contributed by atoms with E-state index in [0.717, 1.165) is 31.6 Å². The molecule has 1 aliphatic heterocycles. The van der Waals surface area contributed by atoms with E-state index in [4.69, 9.17) is 4.42 Å². The number of piperidine rings is 1. The lowest BCUT2D eigenvalue weighted by Gasteiger charge is -2.39. The zero-order valence-electron chi connectivity index (χ0n) is 17.0. The summed E-state index contributed by atoms with van der Waals surface area (Å²) in [7, 11) is 0. The predicted octanol–water partition coefficient (Wildman–Crippen LogP) is 4.24. The highest BCUT2D eigenvalue weighted by Gasteiger charge is 2.34. The molecule has 1 aromatic rings. The molecule has 1 saturated heterocycles. The zero-order valence-corrected chi connectivity index (χ0v) is 17.0. The van der Waals surface area contributed by atoms with Gasteiger partial charge in [-0.05, 0) is 55.9 Å². The summed E-state index contributed by atoms with van der Waals surface area (Å²) in [5.41, 5.74) is 0.994. The fourth-order valence-corrected chi connectivity index (χ4v) is 4.54. The van der Waals surface area contributed by atoms with Crippen LogP contribution in [0.5, 0.6) is 0 Å². The van der Waals surface area contributed by atoms with Crippen molar-refractivity contribution in [2.45, 2.75) is 71.8 Å². The van der Waals surface area contributed by atoms with Crippen LogP contribution in [0.15, 0.2) is 23.0 Å². The molecule has 3 rings (SSSR count). The van der Waals surface area contributed by atoms with Crippen molar-refractivity contribution in [1.82, 2.24) is 10.2 Å². The molecule has 0 atom stereocenters. The number of carbonyl (C=O) groups excluding carboxylic acids is 2. The molecule has 2 amide bonds. The average Bonchev–Trinajstić information content (AvgIpc) is 3.23. The number of nitrogens with one attached hydrogen (secondary N) is 1. The number of amides is 2. The van der Waals surface area contributed by atoms with Crippen molar-refractivity contribution in [2.75, 3.05) is 13.1 Å². The van der Waals surface area contributed by atoms with Crippen molar-refractivity contribution in [3.63, 3.8) is 0 Å². The Labute approximate surface area is 162 Å². The highest BCUT2D eigenvalue weighted by molar-refractivity contribution is 5.94. The van der Waals surface area contributed by atoms with Crippen LogP contribution in [0.1, 0.15) is 76.1 Å². The van der Waals surface area contributed by atoms with Gasteiger partial charge in [0.15, 0.2) is 0 Å². The minimum absolute atomic E-state index is 0.000491. The maximum absolute atomic E-state index is 12.7. The van der Waals surface area contributed by atoms with Gasteiger partial charge in [0, 0.05) is 25.0 Å². The van der Waals surface area contributed by atoms with Crippen molar-refractivity contribution in [2.24, 2.45) is 17.3 Å². The van der Waals surface area contributed by atoms with Gasteiger partial charge in [0.1, 0.15) is 6.26 Å². The third kappa shape index (κ3) is 4.74. The number of hydrogen-bond donors (Lipinski definition) is 1. The second kappa shape index (κ2) is 8.49. The molecular formula is C22H34N2O3. The molecule has 5 nitrogen and oxygen atoms in total. The number of furan rings is 1. The number of nitrogens with zero attached hydrogens (tertiary/aromatic N) is 1. The lowest BCUT2D eigenvalue weighted by atomic mass is 9.69. The van der Waals surface area contributed by atoms with E-state index in [1.165, 1.54) is 31.8 Å². The van der Waals surface area contributed by atoms with Crippen LogP contribution in [0, 0.1) is 17.3 Å². The maximum Gasteiger partial charge on any atom is 0.257 e. The predicted molar refractivity (Wildman–Crippen MR) is 105 cm³/mol. The van der Waals surface area contributed by atoms with Gasteiger partial charge in [-0.1, -0.05) is 27.2 Å². The van der Waals surface area contributed by atoms with Crippen LogP contribution in [-0.2, 0) is 4.79 Å². The van der Waals surface area contributed by atoms with Gasteiger partial charge in [-0.3, -0.25) is 9.59 Å². The second-order valence-electron chi connectivity index (χ2n) is 8.98. The van der Waals surface area contributed by atoms with Gasteiger partial charge in [0.25, 0.3) is 5.91 Å². The minimum Gasteiger partial charge on any atom is -0.472 e. The number of carbonyl (C=O) groups is 2. The van der Waals surface area contributed by atoms with Crippen LogP contribution in [0.3, 0.4) is 0 Å². The molecule has 27 heavy (non-hydrogen) atoms. The van der Waals surface area contributed by atoms with E-state index < -0.39 is 0 Å². The van der Waals surface area contributed by atoms with Gasteiger partial charge >= 0.3 is 0 Å². The van der Waals surface area contributed by atoms with Crippen LogP contribution in [-0.4, -0.2) is 35.8 Å². The van der Waals surface area contributed by atoms with Gasteiger partial charge in [-0.25, -0.2) is 0 Å². The molecular weight excluding hydrogens is 340 g/mol. The van der Waals surface area contributed by atoms with Crippen LogP contribution in [0.25, 0.3) is 0 Å². The fraction of sp³-hybridized carbons (Fsp3) is 0.727. The molecule has 0 aromatic carbocycles. The molecule has 2 fully saturated rings. The van der Waals surface area contributed by atoms with Crippen molar-refractivity contribution < 1.29 is 14.0 Å². The van der Waals surface area contributed by atoms with E-state index in [1.807, 2.05) is 4.90 Å². The second-order valence-corrected chi connectivity index (χ2v) is 8.98. The summed E-state index contributed by atoms with van der Waals surface area (Å²) in [6, 6.07) is 2.02. The molecule has 1 N–H and O–H groups in total. The van der Waals surface area contributed by atoms with E-state index in [2.05, 4.69) is 26.1 Å². The van der Waals surface area contributed by atoms with Crippen LogP contribution < -0.4 is 5.32 Å². The summed E-state index contributed by atoms with van der Waals surface area (Å²) >= 11 is 0.